The quantitative estimate of drug-likeness (QED) is 0.531. The number of nitrogens with zero attached hydrogens (tertiary/aromatic N) is 1. The van der Waals surface area contributed by atoms with Crippen molar-refractivity contribution in [2.24, 2.45) is 0 Å². The fraction of sp³-hybridized carbons (Fsp3) is 1.00. The average molecular weight is 242 g/mol. The summed E-state index contributed by atoms with van der Waals surface area (Å²) in [6.07, 6.45) is 8.23. The first-order valence-electron chi connectivity index (χ1n) is 7.32. The van der Waals surface area contributed by atoms with Crippen molar-refractivity contribution in [3.8, 4) is 0 Å². The second kappa shape index (κ2) is 9.86. The van der Waals surface area contributed by atoms with Crippen LogP contribution in [0, 0.1) is 0 Å². The van der Waals surface area contributed by atoms with E-state index in [0.29, 0.717) is 0 Å². The van der Waals surface area contributed by atoms with Gasteiger partial charge in [0.05, 0.1) is 6.61 Å². The summed E-state index contributed by atoms with van der Waals surface area (Å²) in [5.74, 6) is 0. The molecule has 1 aliphatic carbocycles. The van der Waals surface area contributed by atoms with Crippen LogP contribution in [-0.2, 0) is 4.74 Å². The molecule has 0 heterocycles. The molecular formula is C14H30N2O. The van der Waals surface area contributed by atoms with Gasteiger partial charge in [0.25, 0.3) is 0 Å². The van der Waals surface area contributed by atoms with Crippen LogP contribution in [0.5, 0.6) is 0 Å². The van der Waals surface area contributed by atoms with Crippen molar-refractivity contribution in [1.29, 1.82) is 0 Å². The van der Waals surface area contributed by atoms with E-state index in [2.05, 4.69) is 24.2 Å². The lowest BCUT2D eigenvalue weighted by Crippen LogP contribution is -2.24. The fourth-order valence-corrected chi connectivity index (χ4v) is 1.93. The minimum Gasteiger partial charge on any atom is -0.380 e. The van der Waals surface area contributed by atoms with Crippen LogP contribution in [0.15, 0.2) is 0 Å². The molecule has 1 rings (SSSR count). The number of nitrogens with one attached hydrogen (secondary N) is 1. The van der Waals surface area contributed by atoms with Crippen molar-refractivity contribution in [1.82, 2.24) is 10.2 Å². The molecule has 0 atom stereocenters. The van der Waals surface area contributed by atoms with Crippen LogP contribution in [0.3, 0.4) is 0 Å². The van der Waals surface area contributed by atoms with Gasteiger partial charge in [0.15, 0.2) is 0 Å². The predicted molar refractivity (Wildman–Crippen MR) is 73.5 cm³/mol. The fourth-order valence-electron chi connectivity index (χ4n) is 1.93. The van der Waals surface area contributed by atoms with Crippen LogP contribution in [-0.4, -0.2) is 50.8 Å². The second-order valence-corrected chi connectivity index (χ2v) is 5.14. The van der Waals surface area contributed by atoms with Crippen LogP contribution in [0.1, 0.15) is 45.4 Å². The summed E-state index contributed by atoms with van der Waals surface area (Å²) in [7, 11) is 2.19. The molecule has 102 valence electrons. The zero-order valence-corrected chi connectivity index (χ0v) is 11.7. The van der Waals surface area contributed by atoms with Gasteiger partial charge in [-0.15, -0.1) is 0 Å². The lowest BCUT2D eigenvalue weighted by molar-refractivity contribution is 0.121. The van der Waals surface area contributed by atoms with E-state index >= 15 is 0 Å². The maximum Gasteiger partial charge on any atom is 0.0593 e. The molecule has 0 amide bonds. The first-order valence-corrected chi connectivity index (χ1v) is 7.32. The van der Waals surface area contributed by atoms with Crippen molar-refractivity contribution in [3.05, 3.63) is 0 Å². The average Bonchev–Trinajstić information content (AvgIpc) is 3.12. The Balaban J connectivity index is 1.72. The number of hydrogen-bond acceptors (Lipinski definition) is 3. The Kier molecular flexibility index (Phi) is 8.67. The Morgan fingerprint density at radius 1 is 1.12 bits per heavy atom. The molecule has 0 aliphatic heterocycles. The van der Waals surface area contributed by atoms with Crippen molar-refractivity contribution in [2.75, 3.05) is 39.9 Å². The van der Waals surface area contributed by atoms with Crippen LogP contribution in [0.4, 0.5) is 0 Å². The Morgan fingerprint density at radius 2 is 1.88 bits per heavy atom. The van der Waals surface area contributed by atoms with E-state index in [1.165, 1.54) is 51.6 Å². The zero-order valence-electron chi connectivity index (χ0n) is 11.7. The highest BCUT2D eigenvalue weighted by Gasteiger charge is 2.19. The molecule has 0 aromatic rings. The number of unbranched alkanes of at least 4 members (excludes halogenated alkanes) is 3. The first kappa shape index (κ1) is 14.9. The largest absolute Gasteiger partial charge is 0.380 e. The summed E-state index contributed by atoms with van der Waals surface area (Å²) in [4.78, 5) is 2.37. The van der Waals surface area contributed by atoms with Crippen molar-refractivity contribution in [2.45, 2.75) is 51.5 Å². The molecule has 17 heavy (non-hydrogen) atoms. The molecule has 0 aromatic carbocycles. The van der Waals surface area contributed by atoms with Gasteiger partial charge in [0.2, 0.25) is 0 Å². The molecule has 1 saturated carbocycles. The van der Waals surface area contributed by atoms with Gasteiger partial charge < -0.3 is 15.0 Å². The molecule has 1 aliphatic rings. The highest BCUT2D eigenvalue weighted by atomic mass is 16.5. The third-order valence-electron chi connectivity index (χ3n) is 3.30. The normalized spacial score (nSPS) is 15.7. The zero-order chi connectivity index (χ0) is 12.3. The highest BCUT2D eigenvalue weighted by Crippen LogP contribution is 2.18. The third kappa shape index (κ3) is 9.57. The lowest BCUT2D eigenvalue weighted by Gasteiger charge is -2.16. The van der Waals surface area contributed by atoms with Crippen molar-refractivity contribution >= 4 is 0 Å². The van der Waals surface area contributed by atoms with E-state index in [9.17, 15) is 0 Å². The molecular weight excluding hydrogens is 212 g/mol. The molecule has 0 spiro atoms. The molecule has 0 radical (unpaired) electrons. The van der Waals surface area contributed by atoms with E-state index in [-0.39, 0.29) is 0 Å². The maximum atomic E-state index is 5.34. The Morgan fingerprint density at radius 3 is 2.59 bits per heavy atom. The van der Waals surface area contributed by atoms with E-state index in [0.717, 1.165) is 25.8 Å². The van der Waals surface area contributed by atoms with Crippen LogP contribution < -0.4 is 5.32 Å². The molecule has 1 N–H and O–H groups in total. The van der Waals surface area contributed by atoms with E-state index in [4.69, 9.17) is 4.74 Å². The molecule has 0 saturated heterocycles. The van der Waals surface area contributed by atoms with Gasteiger partial charge in [-0.3, -0.25) is 0 Å². The minimum atomic E-state index is 0.835. The summed E-state index contributed by atoms with van der Waals surface area (Å²) in [6.45, 7) is 7.26. The summed E-state index contributed by atoms with van der Waals surface area (Å²) in [5.41, 5.74) is 0. The Bertz CT molecular complexity index is 172. The Hall–Kier alpha value is -0.120. The summed E-state index contributed by atoms with van der Waals surface area (Å²) < 4.78 is 5.34. The second-order valence-electron chi connectivity index (χ2n) is 5.14. The lowest BCUT2D eigenvalue weighted by atomic mass is 10.2. The number of hydrogen-bond donors (Lipinski definition) is 1. The van der Waals surface area contributed by atoms with Crippen LogP contribution in [0.2, 0.25) is 0 Å². The predicted octanol–water partition coefficient (Wildman–Crippen LogP) is 2.27. The number of ether oxygens (including phenoxy) is 1. The molecule has 3 nitrogen and oxygen atoms in total. The van der Waals surface area contributed by atoms with Gasteiger partial charge in [-0.1, -0.05) is 12.8 Å². The number of likely N-dealkylation sites (N-methyl/N-ethyl adjacent to an activating group) is 1. The van der Waals surface area contributed by atoms with Crippen molar-refractivity contribution in [3.63, 3.8) is 0 Å². The number of rotatable bonds is 12. The molecule has 0 bridgehead atoms. The smallest absolute Gasteiger partial charge is 0.0593 e. The van der Waals surface area contributed by atoms with Gasteiger partial charge in [-0.2, -0.15) is 0 Å². The van der Waals surface area contributed by atoms with Gasteiger partial charge >= 0.3 is 0 Å². The third-order valence-corrected chi connectivity index (χ3v) is 3.30. The SMILES string of the molecule is CCOCCN(C)CCCCCCNC1CC1. The summed E-state index contributed by atoms with van der Waals surface area (Å²) in [6, 6.07) is 0.875. The van der Waals surface area contributed by atoms with Gasteiger partial charge in [0.1, 0.15) is 0 Å². The maximum absolute atomic E-state index is 5.34. The van der Waals surface area contributed by atoms with Crippen LogP contribution >= 0.6 is 0 Å². The molecule has 0 unspecified atom stereocenters. The molecule has 3 heteroatoms. The summed E-state index contributed by atoms with van der Waals surface area (Å²) in [5, 5.41) is 3.56. The van der Waals surface area contributed by atoms with Gasteiger partial charge in [0, 0.05) is 19.2 Å². The van der Waals surface area contributed by atoms with E-state index in [1.54, 1.807) is 0 Å². The first-order chi connectivity index (χ1) is 8.33. The minimum absolute atomic E-state index is 0.835. The topological polar surface area (TPSA) is 24.5 Å². The van der Waals surface area contributed by atoms with Gasteiger partial charge in [-0.25, -0.2) is 0 Å². The molecule has 1 fully saturated rings. The standard InChI is InChI=1S/C14H30N2O/c1-3-17-13-12-16(2)11-7-5-4-6-10-15-14-8-9-14/h14-15H,3-13H2,1-2H3. The van der Waals surface area contributed by atoms with Crippen LogP contribution in [0.25, 0.3) is 0 Å². The monoisotopic (exact) mass is 242 g/mol. The summed E-state index contributed by atoms with van der Waals surface area (Å²) >= 11 is 0. The highest BCUT2D eigenvalue weighted by molar-refractivity contribution is 4.80. The Labute approximate surface area is 107 Å². The van der Waals surface area contributed by atoms with E-state index in [1.807, 2.05) is 0 Å². The van der Waals surface area contributed by atoms with E-state index < -0.39 is 0 Å². The van der Waals surface area contributed by atoms with Gasteiger partial charge in [-0.05, 0) is 52.7 Å². The van der Waals surface area contributed by atoms with Crippen molar-refractivity contribution < 1.29 is 4.74 Å². The molecule has 0 aromatic heterocycles.